The molecule has 6 nitrogen and oxygen atoms in total. The van der Waals surface area contributed by atoms with Gasteiger partial charge in [-0.2, -0.15) is 8.42 Å². The first-order chi connectivity index (χ1) is 7.49. The van der Waals surface area contributed by atoms with Gasteiger partial charge in [0.15, 0.2) is 0 Å². The maximum absolute atomic E-state index is 9.84. The normalized spacial score (nSPS) is 18.2. The van der Waals surface area contributed by atoms with Crippen LogP contribution in [0.4, 0.5) is 0 Å². The number of epoxide rings is 1. The van der Waals surface area contributed by atoms with Crippen molar-refractivity contribution in [1.82, 2.24) is 0 Å². The van der Waals surface area contributed by atoms with Crippen molar-refractivity contribution in [3.05, 3.63) is 25.3 Å². The molecule has 0 bridgehead atoms. The Morgan fingerprint density at radius 3 is 2.19 bits per heavy atom. The minimum atomic E-state index is -4.26. The van der Waals surface area contributed by atoms with Gasteiger partial charge >= 0.3 is 10.4 Å². The van der Waals surface area contributed by atoms with Gasteiger partial charge in [0.2, 0.25) is 0 Å². The van der Waals surface area contributed by atoms with Gasteiger partial charge in [-0.1, -0.05) is 12.2 Å². The fraction of sp³-hybridized carbons (Fsp3) is 0.556. The molecule has 0 aromatic heterocycles. The molecule has 1 aliphatic rings. The summed E-state index contributed by atoms with van der Waals surface area (Å²) in [6.07, 6.45) is 3.28. The summed E-state index contributed by atoms with van der Waals surface area (Å²) in [5.74, 6) is 0. The summed E-state index contributed by atoms with van der Waals surface area (Å²) in [7, 11) is -4.26. The van der Waals surface area contributed by atoms with Crippen LogP contribution in [0.1, 0.15) is 0 Å². The zero-order chi connectivity index (χ0) is 12.4. The van der Waals surface area contributed by atoms with Crippen molar-refractivity contribution in [3.63, 3.8) is 0 Å². The van der Waals surface area contributed by atoms with E-state index in [1.807, 2.05) is 0 Å². The van der Waals surface area contributed by atoms with Gasteiger partial charge in [-0.05, 0) is 0 Å². The van der Waals surface area contributed by atoms with E-state index in [-0.39, 0.29) is 12.7 Å². The predicted octanol–water partition coefficient (Wildman–Crippen LogP) is 0.580. The lowest BCUT2D eigenvalue weighted by molar-refractivity contribution is 0.194. The van der Waals surface area contributed by atoms with E-state index >= 15 is 0 Å². The van der Waals surface area contributed by atoms with Gasteiger partial charge in [-0.25, -0.2) is 4.18 Å². The summed E-state index contributed by atoms with van der Waals surface area (Å²) in [4.78, 5) is 0. The van der Waals surface area contributed by atoms with Crippen LogP contribution in [0, 0.1) is 0 Å². The number of rotatable bonds is 7. The molecule has 0 aromatic rings. The fourth-order valence-corrected chi connectivity index (χ4v) is 0.885. The Kier molecular flexibility index (Phi) is 8.04. The van der Waals surface area contributed by atoms with Crippen LogP contribution in [0.25, 0.3) is 0 Å². The molecular formula is C9H16O6S. The van der Waals surface area contributed by atoms with Crippen molar-refractivity contribution in [3.8, 4) is 0 Å². The molecule has 0 spiro atoms. The average molecular weight is 252 g/mol. The minimum Gasteiger partial charge on any atom is -0.373 e. The zero-order valence-corrected chi connectivity index (χ0v) is 9.69. The Hall–Kier alpha value is -0.730. The first-order valence-corrected chi connectivity index (χ1v) is 5.89. The molecule has 0 radical (unpaired) electrons. The van der Waals surface area contributed by atoms with Gasteiger partial charge in [0.05, 0.1) is 26.4 Å². The highest BCUT2D eigenvalue weighted by Gasteiger charge is 2.24. The van der Waals surface area contributed by atoms with Crippen molar-refractivity contribution in [2.75, 3.05) is 26.4 Å². The van der Waals surface area contributed by atoms with Crippen LogP contribution in [0.2, 0.25) is 0 Å². The summed E-state index contributed by atoms with van der Waals surface area (Å²) < 4.78 is 41.1. The molecule has 0 amide bonds. The molecule has 1 fully saturated rings. The maximum atomic E-state index is 9.84. The van der Waals surface area contributed by atoms with E-state index in [0.717, 1.165) is 0 Å². The van der Waals surface area contributed by atoms with Gasteiger partial charge in [0, 0.05) is 0 Å². The Bertz CT molecular complexity index is 285. The molecule has 1 heterocycles. The van der Waals surface area contributed by atoms with E-state index < -0.39 is 10.4 Å². The molecule has 7 heteroatoms. The first-order valence-electron chi connectivity index (χ1n) is 4.52. The van der Waals surface area contributed by atoms with Gasteiger partial charge in [0.1, 0.15) is 6.10 Å². The largest absolute Gasteiger partial charge is 0.397 e. The van der Waals surface area contributed by atoms with E-state index in [9.17, 15) is 8.42 Å². The number of hydrogen-bond acceptors (Lipinski definition) is 5. The van der Waals surface area contributed by atoms with Crippen LogP contribution in [-0.4, -0.2) is 45.5 Å². The van der Waals surface area contributed by atoms with Crippen LogP contribution in [0.3, 0.4) is 0 Å². The molecule has 1 atom stereocenters. The van der Waals surface area contributed by atoms with Crippen LogP contribution < -0.4 is 0 Å². The third kappa shape index (κ3) is 13.3. The molecule has 0 aromatic carbocycles. The molecule has 1 unspecified atom stereocenters. The topological polar surface area (TPSA) is 85.4 Å². The van der Waals surface area contributed by atoms with Crippen LogP contribution in [-0.2, 0) is 24.1 Å². The highest BCUT2D eigenvalue weighted by Crippen LogP contribution is 2.09. The van der Waals surface area contributed by atoms with Gasteiger partial charge < -0.3 is 9.47 Å². The third-order valence-electron chi connectivity index (χ3n) is 1.28. The quantitative estimate of drug-likeness (QED) is 0.309. The Balaban J connectivity index is 0.000000293. The molecule has 0 saturated carbocycles. The molecular weight excluding hydrogens is 236 g/mol. The van der Waals surface area contributed by atoms with Crippen molar-refractivity contribution in [2.45, 2.75) is 6.10 Å². The molecule has 16 heavy (non-hydrogen) atoms. The summed E-state index contributed by atoms with van der Waals surface area (Å²) in [5.41, 5.74) is 0. The van der Waals surface area contributed by atoms with Crippen LogP contribution in [0.5, 0.6) is 0 Å². The average Bonchev–Trinajstić information content (AvgIpc) is 2.99. The number of ether oxygens (including phenoxy) is 2. The van der Waals surface area contributed by atoms with Crippen LogP contribution >= 0.6 is 0 Å². The summed E-state index contributed by atoms with van der Waals surface area (Å²) >= 11 is 0. The zero-order valence-electron chi connectivity index (χ0n) is 8.87. The SMILES string of the molecule is C=CCOCC=C.O=S(=O)(O)OCC1CO1. The van der Waals surface area contributed by atoms with E-state index in [1.54, 1.807) is 12.2 Å². The maximum Gasteiger partial charge on any atom is 0.397 e. The standard InChI is InChI=1S/C6H10O.C3H6O5S/c1-3-5-7-6-4-2;4-9(5,6)8-2-3-1-7-3/h3-4H,1-2,5-6H2;3H,1-2H2,(H,4,5,6). The Morgan fingerprint density at radius 1 is 1.38 bits per heavy atom. The van der Waals surface area contributed by atoms with Crippen molar-refractivity contribution in [1.29, 1.82) is 0 Å². The van der Waals surface area contributed by atoms with Gasteiger partial charge in [0.25, 0.3) is 0 Å². The Morgan fingerprint density at radius 2 is 1.88 bits per heavy atom. The highest BCUT2D eigenvalue weighted by atomic mass is 32.3. The third-order valence-corrected chi connectivity index (χ3v) is 1.71. The van der Waals surface area contributed by atoms with Gasteiger partial charge in [-0.3, -0.25) is 4.55 Å². The summed E-state index contributed by atoms with van der Waals surface area (Å²) in [6.45, 7) is 8.61. The molecule has 94 valence electrons. The second-order valence-electron chi connectivity index (χ2n) is 2.78. The second kappa shape index (κ2) is 8.43. The van der Waals surface area contributed by atoms with E-state index in [0.29, 0.717) is 19.8 Å². The van der Waals surface area contributed by atoms with Crippen molar-refractivity contribution in [2.24, 2.45) is 0 Å². The summed E-state index contributed by atoms with van der Waals surface area (Å²) in [5, 5.41) is 0. The first kappa shape index (κ1) is 15.3. The second-order valence-corrected chi connectivity index (χ2v) is 3.87. The molecule has 1 rings (SSSR count). The lowest BCUT2D eigenvalue weighted by Crippen LogP contribution is -2.08. The van der Waals surface area contributed by atoms with Crippen molar-refractivity contribution < 1.29 is 26.6 Å². The minimum absolute atomic E-state index is 0.0845. The van der Waals surface area contributed by atoms with Crippen molar-refractivity contribution >= 4 is 10.4 Å². The highest BCUT2D eigenvalue weighted by molar-refractivity contribution is 7.80. The Labute approximate surface area is 95.5 Å². The number of hydrogen-bond donors (Lipinski definition) is 1. The lowest BCUT2D eigenvalue weighted by atomic mass is 10.5. The lowest BCUT2D eigenvalue weighted by Gasteiger charge is -1.92. The molecule has 1 saturated heterocycles. The smallest absolute Gasteiger partial charge is 0.373 e. The molecule has 0 aliphatic carbocycles. The fourth-order valence-electron chi connectivity index (χ4n) is 0.561. The molecule has 1 aliphatic heterocycles. The van der Waals surface area contributed by atoms with E-state index in [1.165, 1.54) is 0 Å². The van der Waals surface area contributed by atoms with Crippen LogP contribution in [0.15, 0.2) is 25.3 Å². The van der Waals surface area contributed by atoms with E-state index in [4.69, 9.17) is 9.29 Å². The van der Waals surface area contributed by atoms with Gasteiger partial charge in [-0.15, -0.1) is 13.2 Å². The summed E-state index contributed by atoms with van der Waals surface area (Å²) in [6, 6.07) is 0. The van der Waals surface area contributed by atoms with E-state index in [2.05, 4.69) is 22.1 Å². The predicted molar refractivity (Wildman–Crippen MR) is 58.5 cm³/mol. The monoisotopic (exact) mass is 252 g/mol. The molecule has 1 N–H and O–H groups in total.